The van der Waals surface area contributed by atoms with Crippen molar-refractivity contribution >= 4 is 17.8 Å². The molecule has 1 aliphatic heterocycles. The van der Waals surface area contributed by atoms with Crippen LogP contribution < -0.4 is 5.32 Å². The van der Waals surface area contributed by atoms with Crippen molar-refractivity contribution in [2.24, 2.45) is 5.92 Å². The van der Waals surface area contributed by atoms with Crippen LogP contribution in [0.5, 0.6) is 0 Å². The maximum absolute atomic E-state index is 12.8. The number of anilines is 1. The Labute approximate surface area is 171 Å². The van der Waals surface area contributed by atoms with Gasteiger partial charge in [-0.05, 0) is 31.9 Å². The largest absolute Gasteiger partial charge is 0.417 e. The van der Waals surface area contributed by atoms with E-state index in [1.54, 1.807) is 32.0 Å². The lowest BCUT2D eigenvalue weighted by molar-refractivity contribution is -0.137. The Morgan fingerprint density at radius 3 is 2.40 bits per heavy atom. The van der Waals surface area contributed by atoms with Gasteiger partial charge in [0, 0.05) is 45.4 Å². The van der Waals surface area contributed by atoms with Crippen LogP contribution in [0.3, 0.4) is 0 Å². The fourth-order valence-corrected chi connectivity index (χ4v) is 3.29. The molecule has 0 aliphatic carbocycles. The molecule has 8 nitrogen and oxygen atoms in total. The summed E-state index contributed by atoms with van der Waals surface area (Å²) in [5, 5.41) is 7.02. The van der Waals surface area contributed by atoms with E-state index in [0.717, 1.165) is 12.3 Å². The van der Waals surface area contributed by atoms with Crippen molar-refractivity contribution in [2.45, 2.75) is 25.9 Å². The Kier molecular flexibility index (Phi) is 5.99. The molecule has 11 heteroatoms. The molecule has 0 aromatic carbocycles. The van der Waals surface area contributed by atoms with Gasteiger partial charge in [-0.2, -0.15) is 23.0 Å². The molecular formula is C19H23F3N6O2. The van der Waals surface area contributed by atoms with Gasteiger partial charge in [0.1, 0.15) is 5.82 Å². The van der Waals surface area contributed by atoms with Crippen LogP contribution >= 0.6 is 0 Å². The minimum absolute atomic E-state index is 0.0871. The first-order chi connectivity index (χ1) is 14.1. The predicted molar refractivity (Wildman–Crippen MR) is 103 cm³/mol. The monoisotopic (exact) mass is 424 g/mol. The van der Waals surface area contributed by atoms with Gasteiger partial charge in [-0.3, -0.25) is 4.79 Å². The van der Waals surface area contributed by atoms with Gasteiger partial charge in [-0.1, -0.05) is 0 Å². The van der Waals surface area contributed by atoms with Crippen LogP contribution in [0.15, 0.2) is 24.4 Å². The first-order valence-corrected chi connectivity index (χ1v) is 9.43. The number of carbonyl (C=O) groups is 2. The van der Waals surface area contributed by atoms with Gasteiger partial charge in [0.05, 0.1) is 11.3 Å². The van der Waals surface area contributed by atoms with Crippen molar-refractivity contribution in [3.63, 3.8) is 0 Å². The second kappa shape index (κ2) is 8.33. The van der Waals surface area contributed by atoms with Crippen LogP contribution in [0.4, 0.5) is 23.8 Å². The number of nitrogens with one attached hydrogen (secondary N) is 1. The number of halogens is 3. The third-order valence-corrected chi connectivity index (χ3v) is 4.89. The molecule has 1 fully saturated rings. The van der Waals surface area contributed by atoms with E-state index in [1.807, 2.05) is 0 Å². The van der Waals surface area contributed by atoms with Crippen molar-refractivity contribution in [3.05, 3.63) is 35.7 Å². The average molecular weight is 424 g/mol. The predicted octanol–water partition coefficient (Wildman–Crippen LogP) is 2.93. The topological polar surface area (TPSA) is 83.4 Å². The van der Waals surface area contributed by atoms with Crippen LogP contribution in [0, 0.1) is 12.8 Å². The number of nitrogens with zero attached hydrogens (tertiary/aromatic N) is 5. The molecule has 1 N–H and O–H groups in total. The number of likely N-dealkylation sites (tertiary alicyclic amines) is 1. The minimum atomic E-state index is -4.48. The van der Waals surface area contributed by atoms with Gasteiger partial charge in [0.2, 0.25) is 5.91 Å². The number of pyridine rings is 1. The van der Waals surface area contributed by atoms with E-state index in [9.17, 15) is 22.8 Å². The van der Waals surface area contributed by atoms with Crippen LogP contribution in [0.1, 0.15) is 24.1 Å². The number of amides is 3. The van der Waals surface area contributed by atoms with Gasteiger partial charge in [0.25, 0.3) is 0 Å². The third-order valence-electron chi connectivity index (χ3n) is 4.89. The molecule has 1 saturated heterocycles. The molecule has 2 aromatic rings. The zero-order chi connectivity index (χ0) is 22.1. The highest BCUT2D eigenvalue weighted by Gasteiger charge is 2.31. The number of urea groups is 1. The van der Waals surface area contributed by atoms with Gasteiger partial charge in [-0.15, -0.1) is 0 Å². The molecule has 1 aliphatic rings. The molecule has 3 amide bonds. The lowest BCUT2D eigenvalue weighted by atomic mass is 9.96. The van der Waals surface area contributed by atoms with E-state index in [4.69, 9.17) is 0 Å². The van der Waals surface area contributed by atoms with Crippen molar-refractivity contribution in [1.29, 1.82) is 0 Å². The Balaban J connectivity index is 1.70. The Hall–Kier alpha value is -3.11. The van der Waals surface area contributed by atoms with Gasteiger partial charge in [0.15, 0.2) is 5.82 Å². The molecular weight excluding hydrogens is 401 g/mol. The summed E-state index contributed by atoms with van der Waals surface area (Å²) in [6.45, 7) is 2.67. The zero-order valence-electron chi connectivity index (χ0n) is 16.9. The molecule has 3 rings (SSSR count). The van der Waals surface area contributed by atoms with E-state index < -0.39 is 11.7 Å². The van der Waals surface area contributed by atoms with Gasteiger partial charge in [-0.25, -0.2) is 9.78 Å². The SMILES string of the molecule is Cc1cc(NC(=O)C2CCN(C(=O)N(C)C)CC2)n(-c2ccc(C(F)(F)F)cn2)n1. The lowest BCUT2D eigenvalue weighted by Crippen LogP contribution is -2.45. The molecule has 0 saturated carbocycles. The maximum atomic E-state index is 12.8. The molecule has 0 radical (unpaired) electrons. The number of hydrogen-bond donors (Lipinski definition) is 1. The average Bonchev–Trinajstić information content (AvgIpc) is 3.06. The lowest BCUT2D eigenvalue weighted by Gasteiger charge is -2.33. The summed E-state index contributed by atoms with van der Waals surface area (Å²) >= 11 is 0. The summed E-state index contributed by atoms with van der Waals surface area (Å²) < 4.78 is 39.6. The molecule has 162 valence electrons. The number of aromatic nitrogens is 3. The van der Waals surface area contributed by atoms with Crippen molar-refractivity contribution in [3.8, 4) is 5.82 Å². The number of alkyl halides is 3. The summed E-state index contributed by atoms with van der Waals surface area (Å²) in [5.41, 5.74) is -0.279. The van der Waals surface area contributed by atoms with Crippen LogP contribution in [0.2, 0.25) is 0 Å². The Morgan fingerprint density at radius 2 is 1.87 bits per heavy atom. The zero-order valence-corrected chi connectivity index (χ0v) is 16.9. The smallest absolute Gasteiger partial charge is 0.331 e. The summed E-state index contributed by atoms with van der Waals surface area (Å²) in [7, 11) is 3.36. The molecule has 30 heavy (non-hydrogen) atoms. The van der Waals surface area contributed by atoms with Crippen molar-refractivity contribution < 1.29 is 22.8 Å². The molecule has 0 spiro atoms. The molecule has 0 unspecified atom stereocenters. The van der Waals surface area contributed by atoms with Gasteiger partial charge >= 0.3 is 12.2 Å². The van der Waals surface area contributed by atoms with Crippen LogP contribution in [-0.4, -0.2) is 63.7 Å². The summed E-state index contributed by atoms with van der Waals surface area (Å²) in [6, 6.07) is 3.66. The fourth-order valence-electron chi connectivity index (χ4n) is 3.29. The van der Waals surface area contributed by atoms with E-state index in [1.165, 1.54) is 15.6 Å². The summed E-state index contributed by atoms with van der Waals surface area (Å²) in [6.07, 6.45) is -2.70. The second-order valence-corrected chi connectivity index (χ2v) is 7.41. The van der Waals surface area contributed by atoms with Crippen molar-refractivity contribution in [2.75, 3.05) is 32.5 Å². The highest BCUT2D eigenvalue weighted by Crippen LogP contribution is 2.29. The fraction of sp³-hybridized carbons (Fsp3) is 0.474. The Morgan fingerprint density at radius 1 is 1.20 bits per heavy atom. The molecule has 3 heterocycles. The standard InChI is InChI=1S/C19H23F3N6O2/c1-12-10-16(28(25-12)15-5-4-14(11-23-15)19(20,21)22)24-17(29)13-6-8-27(9-7-13)18(30)26(2)3/h4-5,10-11,13H,6-9H2,1-3H3,(H,24,29). The second-order valence-electron chi connectivity index (χ2n) is 7.41. The van der Waals surface area contributed by atoms with E-state index >= 15 is 0 Å². The molecule has 0 atom stereocenters. The highest BCUT2D eigenvalue weighted by molar-refractivity contribution is 5.92. The number of carbonyl (C=O) groups excluding carboxylic acids is 2. The number of aryl methyl sites for hydroxylation is 1. The van der Waals surface area contributed by atoms with Crippen LogP contribution in [-0.2, 0) is 11.0 Å². The minimum Gasteiger partial charge on any atom is -0.331 e. The maximum Gasteiger partial charge on any atom is 0.417 e. The quantitative estimate of drug-likeness (QED) is 0.821. The van der Waals surface area contributed by atoms with Gasteiger partial charge < -0.3 is 15.1 Å². The first-order valence-electron chi connectivity index (χ1n) is 9.43. The first kappa shape index (κ1) is 21.6. The number of rotatable bonds is 3. The number of piperidine rings is 1. The van der Waals surface area contributed by atoms with Crippen molar-refractivity contribution in [1.82, 2.24) is 24.6 Å². The van der Waals surface area contributed by atoms with E-state index in [0.29, 0.717) is 37.4 Å². The molecule has 2 aromatic heterocycles. The normalized spacial score (nSPS) is 15.2. The number of hydrogen-bond acceptors (Lipinski definition) is 4. The summed E-state index contributed by atoms with van der Waals surface area (Å²) in [5.74, 6) is -0.00481. The third kappa shape index (κ3) is 4.71. The highest BCUT2D eigenvalue weighted by atomic mass is 19.4. The van der Waals surface area contributed by atoms with E-state index in [2.05, 4.69) is 15.4 Å². The Bertz CT molecular complexity index is 915. The molecule has 0 bridgehead atoms. The van der Waals surface area contributed by atoms with Crippen LogP contribution in [0.25, 0.3) is 5.82 Å². The summed E-state index contributed by atoms with van der Waals surface area (Å²) in [4.78, 5) is 31.8. The van der Waals surface area contributed by atoms with E-state index in [-0.39, 0.29) is 23.7 Å².